The second-order valence-electron chi connectivity index (χ2n) is 10.5. The summed E-state index contributed by atoms with van der Waals surface area (Å²) in [6.45, 7) is 8.79. The van der Waals surface area contributed by atoms with Gasteiger partial charge in [-0.15, -0.1) is 0 Å². The van der Waals surface area contributed by atoms with Crippen molar-refractivity contribution in [1.82, 2.24) is 5.32 Å². The van der Waals surface area contributed by atoms with Crippen molar-refractivity contribution in [3.05, 3.63) is 27.8 Å². The van der Waals surface area contributed by atoms with Gasteiger partial charge in [0.05, 0.1) is 11.1 Å². The highest BCUT2D eigenvalue weighted by Gasteiger charge is 2.68. The Kier molecular flexibility index (Phi) is 4.22. The van der Waals surface area contributed by atoms with Crippen LogP contribution in [-0.4, -0.2) is 24.4 Å². The fraction of sp³-hybridized carbons (Fsp3) is 0.667. The van der Waals surface area contributed by atoms with Gasteiger partial charge in [-0.25, -0.2) is 0 Å². The Labute approximate surface area is 182 Å². The molecule has 5 rings (SSSR count). The maximum Gasteiger partial charge on any atom is 0.254 e. The Balaban J connectivity index is 1.76. The zero-order valence-electron chi connectivity index (χ0n) is 18.4. The number of amides is 1. The number of hydrogen-bond acceptors (Lipinski definition) is 4. The predicted molar refractivity (Wildman–Crippen MR) is 114 cm³/mol. The van der Waals surface area contributed by atoms with Crippen molar-refractivity contribution in [2.75, 3.05) is 7.11 Å². The van der Waals surface area contributed by atoms with Crippen LogP contribution in [0.25, 0.3) is 0 Å². The monoisotopic (exact) mass is 431 g/mol. The summed E-state index contributed by atoms with van der Waals surface area (Å²) in [5.41, 5.74) is 1.20. The lowest BCUT2D eigenvalue weighted by atomic mass is 9.44. The lowest BCUT2D eigenvalue weighted by Crippen LogP contribution is -2.69. The van der Waals surface area contributed by atoms with E-state index in [9.17, 15) is 9.59 Å². The molecule has 1 amide bonds. The van der Waals surface area contributed by atoms with Crippen LogP contribution in [0, 0.1) is 22.7 Å². The molecule has 2 aliphatic carbocycles. The summed E-state index contributed by atoms with van der Waals surface area (Å²) in [5, 5.41) is 3.45. The molecular formula is C24H30ClNO4. The van der Waals surface area contributed by atoms with E-state index >= 15 is 0 Å². The number of carbonyl (C=O) groups is 2. The van der Waals surface area contributed by atoms with E-state index in [2.05, 4.69) is 33.0 Å². The van der Waals surface area contributed by atoms with E-state index in [1.165, 1.54) is 0 Å². The first-order chi connectivity index (χ1) is 14.1. The molecule has 5 atom stereocenters. The van der Waals surface area contributed by atoms with Gasteiger partial charge in [0, 0.05) is 40.9 Å². The SMILES string of the molecule is CO[C@H]1NC(=O)c2cc(Cl)c3c(c21)O[C@@]12CCC(=O)C(C)(C)[C@@H]1CC[C@H](C)[C@@]2(C)C3. The first-order valence-corrected chi connectivity index (χ1v) is 11.4. The molecule has 2 heterocycles. The van der Waals surface area contributed by atoms with Gasteiger partial charge in [-0.05, 0) is 37.7 Å². The van der Waals surface area contributed by atoms with Crippen molar-refractivity contribution in [3.63, 3.8) is 0 Å². The van der Waals surface area contributed by atoms with Crippen molar-refractivity contribution in [1.29, 1.82) is 0 Å². The van der Waals surface area contributed by atoms with Gasteiger partial charge in [0.2, 0.25) is 0 Å². The average molecular weight is 432 g/mol. The Bertz CT molecular complexity index is 972. The molecule has 1 N–H and O–H groups in total. The highest BCUT2D eigenvalue weighted by Crippen LogP contribution is 2.66. The van der Waals surface area contributed by atoms with Crippen LogP contribution < -0.4 is 10.1 Å². The normalized spacial score (nSPS) is 38.7. The third-order valence-corrected chi connectivity index (χ3v) is 9.36. The molecule has 2 saturated carbocycles. The van der Waals surface area contributed by atoms with E-state index in [1.807, 2.05) is 0 Å². The summed E-state index contributed by atoms with van der Waals surface area (Å²) < 4.78 is 12.7. The van der Waals surface area contributed by atoms with E-state index < -0.39 is 17.2 Å². The quantitative estimate of drug-likeness (QED) is 0.690. The molecule has 1 spiro atoms. The van der Waals surface area contributed by atoms with Gasteiger partial charge in [0.1, 0.15) is 17.1 Å². The van der Waals surface area contributed by atoms with Gasteiger partial charge < -0.3 is 14.8 Å². The summed E-state index contributed by atoms with van der Waals surface area (Å²) in [7, 11) is 1.58. The average Bonchev–Trinajstić information content (AvgIpc) is 3.01. The van der Waals surface area contributed by atoms with Gasteiger partial charge in [0.25, 0.3) is 5.91 Å². The van der Waals surface area contributed by atoms with Gasteiger partial charge in [-0.1, -0.05) is 39.3 Å². The number of methoxy groups -OCH3 is 1. The van der Waals surface area contributed by atoms with Crippen molar-refractivity contribution in [3.8, 4) is 5.75 Å². The Morgan fingerprint density at radius 1 is 1.23 bits per heavy atom. The van der Waals surface area contributed by atoms with Gasteiger partial charge >= 0.3 is 0 Å². The number of hydrogen-bond donors (Lipinski definition) is 1. The smallest absolute Gasteiger partial charge is 0.254 e. The second kappa shape index (κ2) is 6.23. The number of halogens is 1. The fourth-order valence-corrected chi connectivity index (χ4v) is 7.24. The first kappa shape index (κ1) is 20.3. The second-order valence-corrected chi connectivity index (χ2v) is 10.9. The van der Waals surface area contributed by atoms with E-state index in [-0.39, 0.29) is 17.2 Å². The summed E-state index contributed by atoms with van der Waals surface area (Å²) >= 11 is 6.72. The highest BCUT2D eigenvalue weighted by molar-refractivity contribution is 6.32. The number of Topliss-reactive ketones (excluding diaryl/α,β-unsaturated/α-hetero) is 1. The molecule has 0 bridgehead atoms. The van der Waals surface area contributed by atoms with Crippen LogP contribution in [0.15, 0.2) is 6.07 Å². The predicted octanol–water partition coefficient (Wildman–Crippen LogP) is 4.84. The van der Waals surface area contributed by atoms with E-state index in [0.29, 0.717) is 40.9 Å². The molecular weight excluding hydrogens is 402 g/mol. The molecule has 4 aliphatic rings. The number of fused-ring (bicyclic) bond motifs is 3. The highest BCUT2D eigenvalue weighted by atomic mass is 35.5. The molecule has 2 aliphatic heterocycles. The summed E-state index contributed by atoms with van der Waals surface area (Å²) in [6.07, 6.45) is 3.51. The lowest BCUT2D eigenvalue weighted by Gasteiger charge is -2.65. The molecule has 0 saturated heterocycles. The molecule has 162 valence electrons. The number of ether oxygens (including phenoxy) is 2. The number of ketones is 1. The summed E-state index contributed by atoms with van der Waals surface area (Å²) in [4.78, 5) is 25.5. The fourth-order valence-electron chi connectivity index (χ4n) is 6.97. The van der Waals surface area contributed by atoms with Crippen LogP contribution in [0.2, 0.25) is 5.02 Å². The number of rotatable bonds is 1. The number of benzene rings is 1. The van der Waals surface area contributed by atoms with Gasteiger partial charge in [-0.2, -0.15) is 0 Å². The van der Waals surface area contributed by atoms with Crippen molar-refractivity contribution >= 4 is 23.3 Å². The Morgan fingerprint density at radius 3 is 2.67 bits per heavy atom. The minimum absolute atomic E-state index is 0.126. The van der Waals surface area contributed by atoms with Crippen molar-refractivity contribution in [2.24, 2.45) is 22.7 Å². The van der Waals surface area contributed by atoms with Crippen LogP contribution in [0.3, 0.4) is 0 Å². The number of nitrogens with one attached hydrogen (secondary N) is 1. The molecule has 0 aromatic heterocycles. The summed E-state index contributed by atoms with van der Waals surface area (Å²) in [5.74, 6) is 1.40. The maximum atomic E-state index is 12.9. The molecule has 0 unspecified atom stereocenters. The molecule has 0 radical (unpaired) electrons. The van der Waals surface area contributed by atoms with Crippen LogP contribution >= 0.6 is 11.6 Å². The third-order valence-electron chi connectivity index (χ3n) is 9.02. The van der Waals surface area contributed by atoms with Crippen molar-refractivity contribution in [2.45, 2.75) is 71.6 Å². The summed E-state index contributed by atoms with van der Waals surface area (Å²) in [6, 6.07) is 1.76. The third kappa shape index (κ3) is 2.28. The van der Waals surface area contributed by atoms with Crippen molar-refractivity contribution < 1.29 is 19.1 Å². The van der Waals surface area contributed by atoms with Crippen LogP contribution in [0.5, 0.6) is 5.75 Å². The van der Waals surface area contributed by atoms with E-state index in [0.717, 1.165) is 30.4 Å². The van der Waals surface area contributed by atoms with Gasteiger partial charge in [-0.3, -0.25) is 9.59 Å². The zero-order valence-corrected chi connectivity index (χ0v) is 19.1. The largest absolute Gasteiger partial charge is 0.486 e. The minimum atomic E-state index is -0.544. The maximum absolute atomic E-state index is 12.9. The van der Waals surface area contributed by atoms with E-state index in [1.54, 1.807) is 13.2 Å². The molecule has 5 nitrogen and oxygen atoms in total. The molecule has 2 fully saturated rings. The molecule has 1 aromatic carbocycles. The molecule has 6 heteroatoms. The van der Waals surface area contributed by atoms with Crippen LogP contribution in [0.4, 0.5) is 0 Å². The van der Waals surface area contributed by atoms with Crippen LogP contribution in [0.1, 0.15) is 81.1 Å². The molecule has 1 aromatic rings. The molecule has 30 heavy (non-hydrogen) atoms. The zero-order chi connectivity index (χ0) is 21.6. The van der Waals surface area contributed by atoms with Crippen LogP contribution in [-0.2, 0) is 16.0 Å². The topological polar surface area (TPSA) is 64.6 Å². The minimum Gasteiger partial charge on any atom is -0.486 e. The Morgan fingerprint density at radius 2 is 1.97 bits per heavy atom. The Hall–Kier alpha value is -1.59. The van der Waals surface area contributed by atoms with E-state index in [4.69, 9.17) is 21.1 Å². The lowest BCUT2D eigenvalue weighted by molar-refractivity contribution is -0.209. The number of carbonyl (C=O) groups excluding carboxylic acids is 2. The van der Waals surface area contributed by atoms with Gasteiger partial charge in [0.15, 0.2) is 6.23 Å². The first-order valence-electron chi connectivity index (χ1n) is 11.0. The standard InChI is InChI=1S/C24H30ClNO4/c1-12-6-7-16-22(2,3)17(27)8-9-24(16)23(12,4)11-14-15(25)10-13-18(19(14)30-24)21(29-5)26-20(13)28/h10,12,16,21H,6-9,11H2,1-5H3,(H,26,28)/t12-,16-,21+,23+,24-/m0/s1.